The van der Waals surface area contributed by atoms with Crippen LogP contribution in [0.25, 0.3) is 0 Å². The van der Waals surface area contributed by atoms with E-state index >= 15 is 0 Å². The Morgan fingerprint density at radius 2 is 1.84 bits per heavy atom. The lowest BCUT2D eigenvalue weighted by atomic mass is 9.88. The number of halogens is 1. The molecular formula is C17H26FN. The minimum absolute atomic E-state index is 0.134. The van der Waals surface area contributed by atoms with Crippen molar-refractivity contribution < 1.29 is 4.39 Å². The summed E-state index contributed by atoms with van der Waals surface area (Å²) in [7, 11) is 0. The number of hydrogen-bond donors (Lipinski definition) is 1. The quantitative estimate of drug-likeness (QED) is 0.780. The highest BCUT2D eigenvalue weighted by Gasteiger charge is 2.23. The van der Waals surface area contributed by atoms with Crippen LogP contribution in [0.5, 0.6) is 0 Å². The molecule has 0 heterocycles. The minimum atomic E-state index is -0.134. The van der Waals surface area contributed by atoms with Gasteiger partial charge in [0, 0.05) is 6.04 Å². The average Bonchev–Trinajstić information content (AvgIpc) is 2.64. The molecule has 1 aliphatic rings. The van der Waals surface area contributed by atoms with Crippen molar-refractivity contribution in [3.8, 4) is 0 Å². The third-order valence-corrected chi connectivity index (χ3v) is 4.23. The summed E-state index contributed by atoms with van der Waals surface area (Å²) in [6.07, 6.45) is 8.94. The van der Waals surface area contributed by atoms with Crippen LogP contribution in [0.3, 0.4) is 0 Å². The van der Waals surface area contributed by atoms with Crippen LogP contribution in [0.1, 0.15) is 51.0 Å². The van der Waals surface area contributed by atoms with Gasteiger partial charge < -0.3 is 5.32 Å². The van der Waals surface area contributed by atoms with Gasteiger partial charge in [-0.1, -0.05) is 38.3 Å². The molecular weight excluding hydrogens is 237 g/mol. The number of nitrogens with one attached hydrogen (secondary N) is 1. The second kappa shape index (κ2) is 7.64. The summed E-state index contributed by atoms with van der Waals surface area (Å²) in [6.45, 7) is 3.34. The van der Waals surface area contributed by atoms with E-state index in [0.29, 0.717) is 12.0 Å². The van der Waals surface area contributed by atoms with E-state index in [2.05, 4.69) is 12.2 Å². The van der Waals surface area contributed by atoms with Crippen molar-refractivity contribution >= 4 is 0 Å². The zero-order valence-electron chi connectivity index (χ0n) is 12.0. The second-order valence-electron chi connectivity index (χ2n) is 5.79. The van der Waals surface area contributed by atoms with E-state index in [-0.39, 0.29) is 5.82 Å². The van der Waals surface area contributed by atoms with Crippen molar-refractivity contribution in [2.75, 3.05) is 6.54 Å². The Morgan fingerprint density at radius 3 is 2.58 bits per heavy atom. The lowest BCUT2D eigenvalue weighted by molar-refractivity contribution is 0.332. The molecule has 1 saturated carbocycles. The molecule has 2 rings (SSSR count). The molecule has 0 saturated heterocycles. The Balaban J connectivity index is 1.98. The first-order valence-electron chi connectivity index (χ1n) is 7.77. The summed E-state index contributed by atoms with van der Waals surface area (Å²) in [4.78, 5) is 0. The van der Waals surface area contributed by atoms with Crippen LogP contribution in [0.2, 0.25) is 0 Å². The second-order valence-corrected chi connectivity index (χ2v) is 5.79. The fourth-order valence-corrected chi connectivity index (χ4v) is 3.15. The van der Waals surface area contributed by atoms with Crippen molar-refractivity contribution in [3.05, 3.63) is 35.6 Å². The van der Waals surface area contributed by atoms with E-state index in [1.165, 1.54) is 44.1 Å². The van der Waals surface area contributed by atoms with E-state index in [1.54, 1.807) is 12.1 Å². The molecule has 0 aromatic heterocycles. The molecule has 1 aromatic carbocycles. The van der Waals surface area contributed by atoms with Gasteiger partial charge in [0.1, 0.15) is 5.82 Å². The fourth-order valence-electron chi connectivity index (χ4n) is 3.15. The van der Waals surface area contributed by atoms with Crippen LogP contribution in [0.4, 0.5) is 4.39 Å². The molecule has 1 N–H and O–H groups in total. The zero-order chi connectivity index (χ0) is 13.5. The van der Waals surface area contributed by atoms with Crippen LogP contribution >= 0.6 is 0 Å². The molecule has 0 aliphatic heterocycles. The highest BCUT2D eigenvalue weighted by atomic mass is 19.1. The number of hydrogen-bond acceptors (Lipinski definition) is 1. The lowest BCUT2D eigenvalue weighted by Gasteiger charge is -2.26. The van der Waals surface area contributed by atoms with Gasteiger partial charge >= 0.3 is 0 Å². The van der Waals surface area contributed by atoms with E-state index in [4.69, 9.17) is 0 Å². The van der Waals surface area contributed by atoms with Crippen LogP contribution in [0.15, 0.2) is 24.3 Å². The van der Waals surface area contributed by atoms with Gasteiger partial charge in [0.05, 0.1) is 0 Å². The molecule has 1 nitrogen and oxygen atoms in total. The number of benzene rings is 1. The van der Waals surface area contributed by atoms with E-state index < -0.39 is 0 Å². The van der Waals surface area contributed by atoms with Crippen LogP contribution in [-0.4, -0.2) is 12.6 Å². The smallest absolute Gasteiger partial charge is 0.123 e. The molecule has 0 spiro atoms. The molecule has 106 valence electrons. The molecule has 2 unspecified atom stereocenters. The summed E-state index contributed by atoms with van der Waals surface area (Å²) in [6, 6.07) is 7.70. The van der Waals surface area contributed by atoms with Crippen LogP contribution in [-0.2, 0) is 6.42 Å². The zero-order valence-corrected chi connectivity index (χ0v) is 12.0. The number of rotatable bonds is 5. The molecule has 1 aromatic rings. The first-order valence-corrected chi connectivity index (χ1v) is 7.77. The predicted molar refractivity (Wildman–Crippen MR) is 78.8 cm³/mol. The van der Waals surface area contributed by atoms with Gasteiger partial charge in [0.15, 0.2) is 0 Å². The van der Waals surface area contributed by atoms with Gasteiger partial charge in [-0.15, -0.1) is 0 Å². The maximum atomic E-state index is 13.0. The first-order chi connectivity index (χ1) is 9.29. The topological polar surface area (TPSA) is 12.0 Å². The monoisotopic (exact) mass is 263 g/mol. The highest BCUT2D eigenvalue weighted by Crippen LogP contribution is 2.26. The molecule has 0 radical (unpaired) electrons. The van der Waals surface area contributed by atoms with Gasteiger partial charge in [-0.25, -0.2) is 4.39 Å². The highest BCUT2D eigenvalue weighted by molar-refractivity contribution is 5.17. The van der Waals surface area contributed by atoms with Crippen LogP contribution < -0.4 is 5.32 Å². The molecule has 2 heteroatoms. The van der Waals surface area contributed by atoms with Gasteiger partial charge in [0.2, 0.25) is 0 Å². The van der Waals surface area contributed by atoms with Gasteiger partial charge in [0.25, 0.3) is 0 Å². The Morgan fingerprint density at radius 1 is 1.11 bits per heavy atom. The van der Waals surface area contributed by atoms with Gasteiger partial charge in [-0.05, 0) is 55.8 Å². The Labute approximate surface area is 116 Å². The van der Waals surface area contributed by atoms with Crippen molar-refractivity contribution in [1.82, 2.24) is 5.32 Å². The summed E-state index contributed by atoms with van der Waals surface area (Å²) in [5.41, 5.74) is 1.27. The lowest BCUT2D eigenvalue weighted by Crippen LogP contribution is -2.37. The Bertz CT molecular complexity index is 360. The Hall–Kier alpha value is -0.890. The van der Waals surface area contributed by atoms with E-state index in [0.717, 1.165) is 13.0 Å². The van der Waals surface area contributed by atoms with Gasteiger partial charge in [-0.2, -0.15) is 0 Å². The molecule has 0 amide bonds. The van der Waals surface area contributed by atoms with Crippen LogP contribution in [0, 0.1) is 11.7 Å². The standard InChI is InChI=1S/C17H26FN/c1-2-12-19-17-7-5-3-4-6-15(17)13-14-8-10-16(18)11-9-14/h8-11,15,17,19H,2-7,12-13H2,1H3. The first kappa shape index (κ1) is 14.5. The normalized spacial score (nSPS) is 24.1. The average molecular weight is 263 g/mol. The predicted octanol–water partition coefficient (Wildman–Crippen LogP) is 4.32. The Kier molecular flexibility index (Phi) is 5.84. The van der Waals surface area contributed by atoms with Crippen molar-refractivity contribution in [3.63, 3.8) is 0 Å². The fraction of sp³-hybridized carbons (Fsp3) is 0.647. The minimum Gasteiger partial charge on any atom is -0.314 e. The maximum absolute atomic E-state index is 13.0. The largest absolute Gasteiger partial charge is 0.314 e. The SMILES string of the molecule is CCCNC1CCCCCC1Cc1ccc(F)cc1. The molecule has 1 fully saturated rings. The van der Waals surface area contributed by atoms with Crippen molar-refractivity contribution in [1.29, 1.82) is 0 Å². The molecule has 1 aliphatic carbocycles. The summed E-state index contributed by atoms with van der Waals surface area (Å²) in [5.74, 6) is 0.574. The molecule has 0 bridgehead atoms. The van der Waals surface area contributed by atoms with Gasteiger partial charge in [-0.3, -0.25) is 0 Å². The van der Waals surface area contributed by atoms with Crippen molar-refractivity contribution in [2.24, 2.45) is 5.92 Å². The summed E-state index contributed by atoms with van der Waals surface area (Å²) < 4.78 is 13.0. The third kappa shape index (κ3) is 4.61. The summed E-state index contributed by atoms with van der Waals surface area (Å²) >= 11 is 0. The third-order valence-electron chi connectivity index (χ3n) is 4.23. The maximum Gasteiger partial charge on any atom is 0.123 e. The van der Waals surface area contributed by atoms with E-state index in [1.807, 2.05) is 12.1 Å². The molecule has 19 heavy (non-hydrogen) atoms. The van der Waals surface area contributed by atoms with Crippen molar-refractivity contribution in [2.45, 2.75) is 57.9 Å². The summed E-state index contributed by atoms with van der Waals surface area (Å²) in [5, 5.41) is 3.72. The van der Waals surface area contributed by atoms with E-state index in [9.17, 15) is 4.39 Å². The molecule has 2 atom stereocenters.